The lowest BCUT2D eigenvalue weighted by Gasteiger charge is -2.08. The Bertz CT molecular complexity index is 754. The second-order valence-corrected chi connectivity index (χ2v) is 5.09. The molecular weight excluding hydrogens is 286 g/mol. The van der Waals surface area contributed by atoms with Crippen LogP contribution in [0.4, 0.5) is 0 Å². The van der Waals surface area contributed by atoms with Gasteiger partial charge in [0.2, 0.25) is 5.88 Å². The minimum Gasteiger partial charge on any atom is -0.435 e. The molecule has 0 atom stereocenters. The van der Waals surface area contributed by atoms with E-state index < -0.39 is 0 Å². The van der Waals surface area contributed by atoms with Gasteiger partial charge in [0.05, 0.1) is 23.8 Å². The molecule has 0 spiro atoms. The van der Waals surface area contributed by atoms with Gasteiger partial charge in [-0.15, -0.1) is 11.6 Å². The van der Waals surface area contributed by atoms with E-state index in [-0.39, 0.29) is 0 Å². The molecule has 0 fully saturated rings. The minimum absolute atomic E-state index is 0.357. The van der Waals surface area contributed by atoms with E-state index in [1.165, 1.54) is 0 Å². The van der Waals surface area contributed by atoms with E-state index in [0.29, 0.717) is 17.5 Å². The number of benzene rings is 1. The number of fused-ring (bicyclic) bond motifs is 1. The molecular formula is C16H16ClN3O. The Labute approximate surface area is 128 Å². The molecule has 2 aromatic heterocycles. The zero-order valence-electron chi connectivity index (χ0n) is 11.8. The Morgan fingerprint density at radius 2 is 2.14 bits per heavy atom. The van der Waals surface area contributed by atoms with E-state index in [9.17, 15) is 0 Å². The molecule has 5 heteroatoms. The Kier molecular flexibility index (Phi) is 4.06. The van der Waals surface area contributed by atoms with E-state index >= 15 is 0 Å². The second-order valence-electron chi connectivity index (χ2n) is 4.82. The number of pyridine rings is 1. The number of rotatable bonds is 5. The van der Waals surface area contributed by atoms with Crippen LogP contribution in [-0.4, -0.2) is 14.8 Å². The standard InChI is InChI=1S/C16H16ClN3O/c1-2-7-20-11-14(10-18-20)21-16-13(9-17)8-12-5-3-4-6-15(12)19-16/h3-6,8,10-11H,2,7,9H2,1H3. The smallest absolute Gasteiger partial charge is 0.224 e. The summed E-state index contributed by atoms with van der Waals surface area (Å²) in [6.07, 6.45) is 4.60. The highest BCUT2D eigenvalue weighted by Crippen LogP contribution is 2.27. The molecule has 0 aliphatic rings. The molecule has 0 saturated heterocycles. The molecule has 3 aromatic rings. The third kappa shape index (κ3) is 3.00. The predicted octanol–water partition coefficient (Wildman–Crippen LogP) is 4.37. The van der Waals surface area contributed by atoms with Crippen molar-refractivity contribution in [3.63, 3.8) is 0 Å². The Balaban J connectivity index is 1.94. The third-order valence-electron chi connectivity index (χ3n) is 3.18. The topological polar surface area (TPSA) is 39.9 Å². The summed E-state index contributed by atoms with van der Waals surface area (Å²) >= 11 is 6.01. The fourth-order valence-electron chi connectivity index (χ4n) is 2.19. The van der Waals surface area contributed by atoms with E-state index in [1.54, 1.807) is 6.20 Å². The molecule has 1 aromatic carbocycles. The lowest BCUT2D eigenvalue weighted by atomic mass is 10.2. The Hall–Kier alpha value is -2.07. The summed E-state index contributed by atoms with van der Waals surface area (Å²) in [6.45, 7) is 2.98. The number of halogens is 1. The fraction of sp³-hybridized carbons (Fsp3) is 0.250. The van der Waals surface area contributed by atoms with Gasteiger partial charge in [-0.2, -0.15) is 5.10 Å². The van der Waals surface area contributed by atoms with Crippen molar-refractivity contribution in [3.05, 3.63) is 48.3 Å². The summed E-state index contributed by atoms with van der Waals surface area (Å²) in [5, 5.41) is 5.31. The fourth-order valence-corrected chi connectivity index (χ4v) is 2.38. The van der Waals surface area contributed by atoms with Crippen molar-refractivity contribution in [3.8, 4) is 11.6 Å². The van der Waals surface area contributed by atoms with Gasteiger partial charge in [0.15, 0.2) is 5.75 Å². The molecule has 0 N–H and O–H groups in total. The van der Waals surface area contributed by atoms with E-state index in [4.69, 9.17) is 16.3 Å². The van der Waals surface area contributed by atoms with Crippen LogP contribution < -0.4 is 4.74 Å². The van der Waals surface area contributed by atoms with Gasteiger partial charge in [-0.25, -0.2) is 4.98 Å². The quantitative estimate of drug-likeness (QED) is 0.657. The number of aromatic nitrogens is 3. The molecule has 0 amide bonds. The van der Waals surface area contributed by atoms with Gasteiger partial charge in [0, 0.05) is 17.5 Å². The van der Waals surface area contributed by atoms with Crippen molar-refractivity contribution < 1.29 is 4.74 Å². The lowest BCUT2D eigenvalue weighted by molar-refractivity contribution is 0.459. The molecule has 0 radical (unpaired) electrons. The molecule has 0 saturated carbocycles. The molecule has 0 aliphatic heterocycles. The highest BCUT2D eigenvalue weighted by molar-refractivity contribution is 6.17. The first kappa shape index (κ1) is 13.9. The largest absolute Gasteiger partial charge is 0.435 e. The minimum atomic E-state index is 0.357. The summed E-state index contributed by atoms with van der Waals surface area (Å²) in [4.78, 5) is 4.55. The number of hydrogen-bond acceptors (Lipinski definition) is 3. The zero-order valence-corrected chi connectivity index (χ0v) is 12.5. The van der Waals surface area contributed by atoms with Gasteiger partial charge in [-0.1, -0.05) is 25.1 Å². The Morgan fingerprint density at radius 1 is 1.29 bits per heavy atom. The molecule has 0 unspecified atom stereocenters. The van der Waals surface area contributed by atoms with Crippen LogP contribution in [0, 0.1) is 0 Å². The van der Waals surface area contributed by atoms with E-state index in [0.717, 1.165) is 29.4 Å². The number of alkyl halides is 1. The van der Waals surface area contributed by atoms with Gasteiger partial charge in [-0.3, -0.25) is 4.68 Å². The first-order valence-corrected chi connectivity index (χ1v) is 7.48. The van der Waals surface area contributed by atoms with Crippen molar-refractivity contribution in [2.75, 3.05) is 0 Å². The highest BCUT2D eigenvalue weighted by Gasteiger charge is 2.10. The molecule has 0 aliphatic carbocycles. The second kappa shape index (κ2) is 6.14. The zero-order chi connectivity index (χ0) is 14.7. The average Bonchev–Trinajstić information content (AvgIpc) is 2.94. The highest BCUT2D eigenvalue weighted by atomic mass is 35.5. The molecule has 3 rings (SSSR count). The molecule has 21 heavy (non-hydrogen) atoms. The number of aryl methyl sites for hydroxylation is 1. The normalized spacial score (nSPS) is 11.0. The van der Waals surface area contributed by atoms with Crippen molar-refractivity contribution in [2.45, 2.75) is 25.8 Å². The number of ether oxygens (including phenoxy) is 1. The maximum Gasteiger partial charge on any atom is 0.224 e. The first-order chi connectivity index (χ1) is 10.3. The van der Waals surface area contributed by atoms with Crippen LogP contribution in [0.1, 0.15) is 18.9 Å². The summed E-state index contributed by atoms with van der Waals surface area (Å²) in [5.74, 6) is 1.58. The van der Waals surface area contributed by atoms with Gasteiger partial charge in [0.1, 0.15) is 0 Å². The van der Waals surface area contributed by atoms with Crippen molar-refractivity contribution in [1.29, 1.82) is 0 Å². The first-order valence-electron chi connectivity index (χ1n) is 6.95. The van der Waals surface area contributed by atoms with Crippen molar-refractivity contribution >= 4 is 22.5 Å². The third-order valence-corrected chi connectivity index (χ3v) is 3.47. The van der Waals surface area contributed by atoms with Crippen LogP contribution in [0.25, 0.3) is 10.9 Å². The Morgan fingerprint density at radius 3 is 2.95 bits per heavy atom. The van der Waals surface area contributed by atoms with Gasteiger partial charge in [0.25, 0.3) is 0 Å². The van der Waals surface area contributed by atoms with Crippen LogP contribution in [0.3, 0.4) is 0 Å². The maximum absolute atomic E-state index is 6.01. The summed E-state index contributed by atoms with van der Waals surface area (Å²) in [6, 6.07) is 9.93. The van der Waals surface area contributed by atoms with Gasteiger partial charge in [-0.05, 0) is 18.6 Å². The van der Waals surface area contributed by atoms with Crippen LogP contribution in [0.5, 0.6) is 11.6 Å². The molecule has 4 nitrogen and oxygen atoms in total. The molecule has 108 valence electrons. The number of hydrogen-bond donors (Lipinski definition) is 0. The van der Waals surface area contributed by atoms with Gasteiger partial charge >= 0.3 is 0 Å². The number of para-hydroxylation sites is 1. The van der Waals surface area contributed by atoms with Gasteiger partial charge < -0.3 is 4.74 Å². The van der Waals surface area contributed by atoms with Crippen LogP contribution in [-0.2, 0) is 12.4 Å². The summed E-state index contributed by atoms with van der Waals surface area (Å²) in [7, 11) is 0. The molecule has 0 bridgehead atoms. The van der Waals surface area contributed by atoms with Crippen LogP contribution in [0.2, 0.25) is 0 Å². The summed E-state index contributed by atoms with van der Waals surface area (Å²) in [5.41, 5.74) is 1.76. The molecule has 2 heterocycles. The summed E-state index contributed by atoms with van der Waals surface area (Å²) < 4.78 is 7.71. The monoisotopic (exact) mass is 301 g/mol. The maximum atomic E-state index is 6.01. The van der Waals surface area contributed by atoms with Crippen LogP contribution in [0.15, 0.2) is 42.7 Å². The lowest BCUT2D eigenvalue weighted by Crippen LogP contribution is -1.96. The predicted molar refractivity (Wildman–Crippen MR) is 83.9 cm³/mol. The average molecular weight is 302 g/mol. The van der Waals surface area contributed by atoms with Crippen molar-refractivity contribution in [2.24, 2.45) is 0 Å². The SMILES string of the molecule is CCCn1cc(Oc2nc3ccccc3cc2CCl)cn1. The number of nitrogens with zero attached hydrogens (tertiary/aromatic N) is 3. The van der Waals surface area contributed by atoms with E-state index in [1.807, 2.05) is 41.2 Å². The van der Waals surface area contributed by atoms with Crippen LogP contribution >= 0.6 is 11.6 Å². The van der Waals surface area contributed by atoms with Crippen molar-refractivity contribution in [1.82, 2.24) is 14.8 Å². The van der Waals surface area contributed by atoms with E-state index in [2.05, 4.69) is 17.0 Å².